The van der Waals surface area contributed by atoms with Crippen LogP contribution in [0.15, 0.2) is 24.3 Å². The van der Waals surface area contributed by atoms with E-state index < -0.39 is 12.0 Å². The molecule has 1 aromatic carbocycles. The monoisotopic (exact) mass is 343 g/mol. The molecule has 1 aliphatic carbocycles. The van der Waals surface area contributed by atoms with Gasteiger partial charge in [0.2, 0.25) is 11.8 Å². The Kier molecular flexibility index (Phi) is 4.48. The Morgan fingerprint density at radius 1 is 1.16 bits per heavy atom. The molecule has 2 amide bonds. The van der Waals surface area contributed by atoms with Gasteiger partial charge in [-0.1, -0.05) is 18.2 Å². The summed E-state index contributed by atoms with van der Waals surface area (Å²) in [6.07, 6.45) is 2.88. The van der Waals surface area contributed by atoms with Crippen LogP contribution in [0.5, 0.6) is 0 Å². The van der Waals surface area contributed by atoms with Crippen LogP contribution in [0.2, 0.25) is 0 Å². The lowest BCUT2D eigenvalue weighted by Gasteiger charge is -2.35. The van der Waals surface area contributed by atoms with Gasteiger partial charge in [0.15, 0.2) is 0 Å². The van der Waals surface area contributed by atoms with Gasteiger partial charge in [0.1, 0.15) is 0 Å². The van der Waals surface area contributed by atoms with Crippen LogP contribution in [0.1, 0.15) is 24.8 Å². The van der Waals surface area contributed by atoms with E-state index in [9.17, 15) is 14.7 Å². The highest BCUT2D eigenvalue weighted by molar-refractivity contribution is 5.96. The molecule has 2 atom stereocenters. The van der Waals surface area contributed by atoms with E-state index in [1.807, 2.05) is 28.0 Å². The normalized spacial score (nSPS) is 26.4. The van der Waals surface area contributed by atoms with Gasteiger partial charge in [-0.05, 0) is 37.3 Å². The second kappa shape index (κ2) is 6.77. The van der Waals surface area contributed by atoms with Crippen molar-refractivity contribution in [2.45, 2.75) is 37.8 Å². The van der Waals surface area contributed by atoms with Crippen LogP contribution in [0.4, 0.5) is 5.69 Å². The minimum absolute atomic E-state index is 0.0707. The number of aliphatic hydroxyl groups is 1. The molecule has 0 radical (unpaired) electrons. The fourth-order valence-corrected chi connectivity index (χ4v) is 3.82. The van der Waals surface area contributed by atoms with Crippen molar-refractivity contribution in [3.8, 4) is 0 Å². The van der Waals surface area contributed by atoms with Crippen LogP contribution < -0.4 is 10.2 Å². The average Bonchev–Trinajstić information content (AvgIpc) is 3.31. The summed E-state index contributed by atoms with van der Waals surface area (Å²) < 4.78 is 0. The second-order valence-corrected chi connectivity index (χ2v) is 7.40. The average molecular weight is 343 g/mol. The summed E-state index contributed by atoms with van der Waals surface area (Å²) in [6.45, 7) is 2.12. The summed E-state index contributed by atoms with van der Waals surface area (Å²) in [4.78, 5) is 28.9. The first-order valence-electron chi connectivity index (χ1n) is 9.21. The number of likely N-dealkylation sites (tertiary alicyclic amines) is 1. The van der Waals surface area contributed by atoms with Crippen molar-refractivity contribution in [2.24, 2.45) is 5.92 Å². The summed E-state index contributed by atoms with van der Waals surface area (Å²) in [7, 11) is 0. The van der Waals surface area contributed by atoms with Crippen LogP contribution in [-0.2, 0) is 16.0 Å². The number of anilines is 1. The molecule has 25 heavy (non-hydrogen) atoms. The maximum Gasteiger partial charge on any atom is 0.241 e. The number of fused-ring (bicyclic) bond motifs is 1. The van der Waals surface area contributed by atoms with E-state index in [1.165, 1.54) is 5.56 Å². The number of piperidine rings is 1. The highest BCUT2D eigenvalue weighted by Crippen LogP contribution is 2.28. The van der Waals surface area contributed by atoms with Gasteiger partial charge in [-0.3, -0.25) is 14.5 Å². The first kappa shape index (κ1) is 16.5. The predicted octanol–water partition coefficient (Wildman–Crippen LogP) is 0.537. The van der Waals surface area contributed by atoms with Crippen molar-refractivity contribution in [1.82, 2.24) is 10.2 Å². The minimum atomic E-state index is -0.613. The van der Waals surface area contributed by atoms with E-state index in [0.717, 1.165) is 31.5 Å². The lowest BCUT2D eigenvalue weighted by molar-refractivity contribution is -0.133. The zero-order valence-electron chi connectivity index (χ0n) is 14.4. The van der Waals surface area contributed by atoms with Gasteiger partial charge in [-0.15, -0.1) is 0 Å². The van der Waals surface area contributed by atoms with E-state index >= 15 is 0 Å². The summed E-state index contributed by atoms with van der Waals surface area (Å²) in [5, 5.41) is 13.2. The standard InChI is InChI=1S/C19H25N3O3/c23-17-8-9-21(11-15(17)19(25)20-14-5-6-14)12-18(24)22-10-7-13-3-1-2-4-16(13)22/h1-4,14-15,17,23H,5-12H2,(H,20,25)/t15-,17+/m0/s1. The number of benzene rings is 1. The van der Waals surface area contributed by atoms with Gasteiger partial charge in [0.05, 0.1) is 18.6 Å². The van der Waals surface area contributed by atoms with Crippen LogP contribution in [-0.4, -0.2) is 60.1 Å². The molecule has 134 valence electrons. The lowest BCUT2D eigenvalue weighted by Crippen LogP contribution is -2.52. The van der Waals surface area contributed by atoms with Gasteiger partial charge in [0.25, 0.3) is 0 Å². The molecule has 2 heterocycles. The zero-order valence-corrected chi connectivity index (χ0v) is 14.4. The first-order chi connectivity index (χ1) is 12.1. The number of nitrogens with zero attached hydrogens (tertiary/aromatic N) is 2. The second-order valence-electron chi connectivity index (χ2n) is 7.40. The highest BCUT2D eigenvalue weighted by Gasteiger charge is 2.37. The molecule has 2 N–H and O–H groups in total. The third kappa shape index (κ3) is 3.55. The van der Waals surface area contributed by atoms with Crippen molar-refractivity contribution in [3.63, 3.8) is 0 Å². The first-order valence-corrected chi connectivity index (χ1v) is 9.21. The molecule has 0 aromatic heterocycles. The summed E-state index contributed by atoms with van der Waals surface area (Å²) >= 11 is 0. The number of rotatable bonds is 4. The van der Waals surface area contributed by atoms with Crippen molar-refractivity contribution in [1.29, 1.82) is 0 Å². The maximum absolute atomic E-state index is 12.7. The molecular formula is C19H25N3O3. The summed E-state index contributed by atoms with van der Waals surface area (Å²) in [6, 6.07) is 8.31. The van der Waals surface area contributed by atoms with Gasteiger partial charge < -0.3 is 15.3 Å². The molecule has 0 spiro atoms. The number of aliphatic hydroxyl groups excluding tert-OH is 1. The third-order valence-electron chi connectivity index (χ3n) is 5.47. The number of carbonyl (C=O) groups is 2. The SMILES string of the molecule is O=C(NC1CC1)[C@H]1CN(CC(=O)N2CCc3ccccc32)CC[C@H]1O. The third-order valence-corrected chi connectivity index (χ3v) is 5.47. The number of nitrogens with one attached hydrogen (secondary N) is 1. The van der Waals surface area contributed by atoms with E-state index in [0.29, 0.717) is 26.1 Å². The lowest BCUT2D eigenvalue weighted by atomic mass is 9.93. The van der Waals surface area contributed by atoms with Crippen molar-refractivity contribution in [2.75, 3.05) is 31.1 Å². The summed E-state index contributed by atoms with van der Waals surface area (Å²) in [5.74, 6) is -0.436. The van der Waals surface area contributed by atoms with Crippen molar-refractivity contribution < 1.29 is 14.7 Å². The van der Waals surface area contributed by atoms with E-state index in [2.05, 4.69) is 11.4 Å². The van der Waals surface area contributed by atoms with Crippen LogP contribution in [0.3, 0.4) is 0 Å². The highest BCUT2D eigenvalue weighted by atomic mass is 16.3. The smallest absolute Gasteiger partial charge is 0.241 e. The van der Waals surface area contributed by atoms with Crippen LogP contribution >= 0.6 is 0 Å². The number of carbonyl (C=O) groups excluding carboxylic acids is 2. The molecule has 2 aliphatic heterocycles. The Balaban J connectivity index is 1.37. The minimum Gasteiger partial charge on any atom is -0.392 e. The topological polar surface area (TPSA) is 72.9 Å². The van der Waals surface area contributed by atoms with Crippen LogP contribution in [0.25, 0.3) is 0 Å². The molecule has 4 rings (SSSR count). The quantitative estimate of drug-likeness (QED) is 0.837. The molecular weight excluding hydrogens is 318 g/mol. The molecule has 1 saturated heterocycles. The molecule has 3 aliphatic rings. The Morgan fingerprint density at radius 2 is 1.96 bits per heavy atom. The van der Waals surface area contributed by atoms with Crippen LogP contribution in [0, 0.1) is 5.92 Å². The molecule has 1 aromatic rings. The number of amides is 2. The fourth-order valence-electron chi connectivity index (χ4n) is 3.82. The Hall–Kier alpha value is -1.92. The Morgan fingerprint density at radius 3 is 2.76 bits per heavy atom. The molecule has 2 fully saturated rings. The van der Waals surface area contributed by atoms with E-state index in [4.69, 9.17) is 0 Å². The Bertz CT molecular complexity index is 674. The van der Waals surface area contributed by atoms with Gasteiger partial charge in [-0.25, -0.2) is 0 Å². The van der Waals surface area contributed by atoms with Gasteiger partial charge in [0, 0.05) is 31.4 Å². The molecule has 6 nitrogen and oxygen atoms in total. The van der Waals surface area contributed by atoms with Gasteiger partial charge >= 0.3 is 0 Å². The molecule has 0 bridgehead atoms. The number of hydrogen-bond acceptors (Lipinski definition) is 4. The number of para-hydroxylation sites is 1. The Labute approximate surface area is 147 Å². The van der Waals surface area contributed by atoms with Crippen molar-refractivity contribution in [3.05, 3.63) is 29.8 Å². The summed E-state index contributed by atoms with van der Waals surface area (Å²) in [5.41, 5.74) is 2.22. The van der Waals surface area contributed by atoms with E-state index in [-0.39, 0.29) is 17.9 Å². The maximum atomic E-state index is 12.7. The molecule has 6 heteroatoms. The van der Waals surface area contributed by atoms with Gasteiger partial charge in [-0.2, -0.15) is 0 Å². The molecule has 0 unspecified atom stereocenters. The fraction of sp³-hybridized carbons (Fsp3) is 0.579. The van der Waals surface area contributed by atoms with E-state index in [1.54, 1.807) is 0 Å². The largest absolute Gasteiger partial charge is 0.392 e. The predicted molar refractivity (Wildman–Crippen MR) is 94.2 cm³/mol. The number of hydrogen-bond donors (Lipinski definition) is 2. The van der Waals surface area contributed by atoms with Crippen molar-refractivity contribution >= 4 is 17.5 Å². The zero-order chi connectivity index (χ0) is 17.4. The molecule has 1 saturated carbocycles.